The molecule has 0 saturated carbocycles. The standard InChI is InChI=1S/C25H46Si2/c1-21(2)27(22(3)4,23(5)6)20-18-25(15-13-12-14-16-25)17-19-26(10,11)24(7,8)9/h13,15,17,19,21-23H,12,14,16H2,1-11H3/b19-17+. The lowest BCUT2D eigenvalue weighted by molar-refractivity contribution is 0.532. The minimum absolute atomic E-state index is 0.0370. The second-order valence-corrected chi connectivity index (χ2v) is 22.1. The van der Waals surface area contributed by atoms with Gasteiger partial charge in [-0.3, -0.25) is 0 Å². The highest BCUT2D eigenvalue weighted by molar-refractivity contribution is 6.90. The summed E-state index contributed by atoms with van der Waals surface area (Å²) in [6.07, 6.45) is 10.9. The normalized spacial score (nSPS) is 22.0. The van der Waals surface area contributed by atoms with Crippen molar-refractivity contribution in [1.29, 1.82) is 0 Å². The van der Waals surface area contributed by atoms with Crippen LogP contribution >= 0.6 is 0 Å². The third-order valence-electron chi connectivity index (χ3n) is 7.48. The van der Waals surface area contributed by atoms with E-state index < -0.39 is 16.1 Å². The van der Waals surface area contributed by atoms with Gasteiger partial charge < -0.3 is 0 Å². The van der Waals surface area contributed by atoms with E-state index in [4.69, 9.17) is 0 Å². The topological polar surface area (TPSA) is 0 Å². The number of hydrogen-bond acceptors (Lipinski definition) is 0. The van der Waals surface area contributed by atoms with E-state index in [1.165, 1.54) is 19.3 Å². The van der Waals surface area contributed by atoms with Gasteiger partial charge in [-0.2, -0.15) is 0 Å². The Bertz CT molecular complexity index is 581. The molecule has 0 bridgehead atoms. The fourth-order valence-electron chi connectivity index (χ4n) is 4.44. The molecule has 0 aromatic rings. The van der Waals surface area contributed by atoms with Crippen LogP contribution in [0.15, 0.2) is 23.9 Å². The summed E-state index contributed by atoms with van der Waals surface area (Å²) in [5.74, 6) is 3.90. The van der Waals surface area contributed by atoms with Crippen LogP contribution in [0.2, 0.25) is 34.8 Å². The molecule has 154 valence electrons. The highest BCUT2D eigenvalue weighted by atomic mass is 28.3. The quantitative estimate of drug-likeness (QED) is 0.245. The molecule has 0 fully saturated rings. The largest absolute Gasteiger partial charge is 0.146 e. The maximum atomic E-state index is 4.02. The molecule has 27 heavy (non-hydrogen) atoms. The van der Waals surface area contributed by atoms with Crippen molar-refractivity contribution in [2.45, 2.75) is 116 Å². The Morgan fingerprint density at radius 1 is 0.963 bits per heavy atom. The zero-order valence-corrected chi connectivity index (χ0v) is 22.2. The molecule has 0 nitrogen and oxygen atoms in total. The lowest BCUT2D eigenvalue weighted by Crippen LogP contribution is -2.43. The molecule has 0 N–H and O–H groups in total. The Morgan fingerprint density at radius 3 is 1.85 bits per heavy atom. The molecule has 1 aliphatic carbocycles. The number of hydrogen-bond donors (Lipinski definition) is 0. The molecular weight excluding hydrogens is 356 g/mol. The summed E-state index contributed by atoms with van der Waals surface area (Å²) >= 11 is 0. The lowest BCUT2D eigenvalue weighted by atomic mass is 9.80. The van der Waals surface area contributed by atoms with Gasteiger partial charge >= 0.3 is 0 Å². The number of allylic oxidation sites excluding steroid dienone is 3. The van der Waals surface area contributed by atoms with Crippen molar-refractivity contribution < 1.29 is 0 Å². The summed E-state index contributed by atoms with van der Waals surface area (Å²) in [5.41, 5.74) is 8.65. The molecule has 0 saturated heterocycles. The van der Waals surface area contributed by atoms with E-state index in [-0.39, 0.29) is 5.41 Å². The van der Waals surface area contributed by atoms with Crippen LogP contribution in [0.25, 0.3) is 0 Å². The Kier molecular flexibility index (Phi) is 8.05. The summed E-state index contributed by atoms with van der Waals surface area (Å²) in [7, 11) is -3.13. The highest BCUT2D eigenvalue weighted by Gasteiger charge is 2.42. The van der Waals surface area contributed by atoms with Crippen LogP contribution in [0, 0.1) is 16.9 Å². The SMILES string of the molecule is CC(C)[Si](C#CC1(/C=C/[Si](C)(C)C(C)(C)C)C=CCCC1)(C(C)C)C(C)C. The summed E-state index contributed by atoms with van der Waals surface area (Å²) in [5, 5.41) is 0.378. The smallest absolute Gasteiger partial charge is 0.129 e. The minimum Gasteiger partial charge on any atom is -0.129 e. The number of rotatable bonds is 5. The molecule has 0 aromatic carbocycles. The van der Waals surface area contributed by atoms with Gasteiger partial charge in [-0.05, 0) is 40.9 Å². The fraction of sp³-hybridized carbons (Fsp3) is 0.760. The molecule has 1 aliphatic rings. The summed E-state index contributed by atoms with van der Waals surface area (Å²) in [4.78, 5) is 0. The van der Waals surface area contributed by atoms with Crippen molar-refractivity contribution in [3.8, 4) is 11.5 Å². The van der Waals surface area contributed by atoms with Gasteiger partial charge in [0.25, 0.3) is 0 Å². The molecular formula is C25H46Si2. The van der Waals surface area contributed by atoms with Crippen LogP contribution in [-0.2, 0) is 0 Å². The van der Waals surface area contributed by atoms with Gasteiger partial charge in [-0.15, -0.1) is 5.54 Å². The molecule has 1 unspecified atom stereocenters. The molecule has 0 radical (unpaired) electrons. The molecule has 1 atom stereocenters. The fourth-order valence-corrected chi connectivity index (χ4v) is 11.0. The van der Waals surface area contributed by atoms with Crippen LogP contribution in [0.4, 0.5) is 0 Å². The summed E-state index contributed by atoms with van der Waals surface area (Å²) < 4.78 is 0. The van der Waals surface area contributed by atoms with Crippen LogP contribution in [0.5, 0.6) is 0 Å². The van der Waals surface area contributed by atoms with Crippen molar-refractivity contribution >= 4 is 16.1 Å². The predicted molar refractivity (Wildman–Crippen MR) is 131 cm³/mol. The maximum Gasteiger partial charge on any atom is 0.146 e. The Labute approximate surface area is 173 Å². The first-order valence-electron chi connectivity index (χ1n) is 11.1. The first-order chi connectivity index (χ1) is 12.2. The van der Waals surface area contributed by atoms with Crippen molar-refractivity contribution in [1.82, 2.24) is 0 Å². The molecule has 1 rings (SSSR count). The highest BCUT2D eigenvalue weighted by Crippen LogP contribution is 2.43. The first-order valence-corrected chi connectivity index (χ1v) is 16.4. The van der Waals surface area contributed by atoms with E-state index in [9.17, 15) is 0 Å². The van der Waals surface area contributed by atoms with Gasteiger partial charge in [-0.25, -0.2) is 0 Å². The van der Waals surface area contributed by atoms with Crippen molar-refractivity contribution in [2.75, 3.05) is 0 Å². The van der Waals surface area contributed by atoms with E-state index in [1.54, 1.807) is 0 Å². The van der Waals surface area contributed by atoms with Gasteiger partial charge in [0.05, 0.1) is 13.5 Å². The van der Waals surface area contributed by atoms with E-state index in [0.29, 0.717) is 21.7 Å². The minimum atomic E-state index is -1.69. The van der Waals surface area contributed by atoms with E-state index in [0.717, 1.165) is 0 Å². The summed E-state index contributed by atoms with van der Waals surface area (Å²) in [6, 6.07) is 0. The average Bonchev–Trinajstić information content (AvgIpc) is 2.52. The third-order valence-corrected chi connectivity index (χ3v) is 18.6. The lowest BCUT2D eigenvalue weighted by Gasteiger charge is -2.39. The molecule has 0 aromatic heterocycles. The van der Waals surface area contributed by atoms with Crippen molar-refractivity contribution in [3.05, 3.63) is 23.9 Å². The van der Waals surface area contributed by atoms with Crippen LogP contribution in [0.1, 0.15) is 81.6 Å². The molecule has 0 amide bonds. The van der Waals surface area contributed by atoms with Gasteiger partial charge in [0.15, 0.2) is 0 Å². The second-order valence-electron chi connectivity index (χ2n) is 11.3. The van der Waals surface area contributed by atoms with Crippen LogP contribution in [-0.4, -0.2) is 16.1 Å². The first kappa shape index (κ1) is 24.5. The molecule has 0 aliphatic heterocycles. The average molecular weight is 403 g/mol. The van der Waals surface area contributed by atoms with Gasteiger partial charge in [0.1, 0.15) is 8.07 Å². The maximum absolute atomic E-state index is 4.02. The zero-order chi connectivity index (χ0) is 21.1. The predicted octanol–water partition coefficient (Wildman–Crippen LogP) is 8.54. The third kappa shape index (κ3) is 5.51. The van der Waals surface area contributed by atoms with Gasteiger partial charge in [0.2, 0.25) is 0 Å². The summed E-state index contributed by atoms with van der Waals surface area (Å²) in [6.45, 7) is 26.6. The Hall–Kier alpha value is -0.526. The zero-order valence-electron chi connectivity index (χ0n) is 20.2. The monoisotopic (exact) mass is 402 g/mol. The molecule has 0 heterocycles. The van der Waals surface area contributed by atoms with Crippen molar-refractivity contribution in [2.24, 2.45) is 5.41 Å². The Morgan fingerprint density at radius 2 is 1.48 bits per heavy atom. The van der Waals surface area contributed by atoms with Gasteiger partial charge in [0, 0.05) is 0 Å². The van der Waals surface area contributed by atoms with E-state index in [1.807, 2.05) is 0 Å². The molecule has 0 spiro atoms. The van der Waals surface area contributed by atoms with Crippen LogP contribution in [0.3, 0.4) is 0 Å². The van der Waals surface area contributed by atoms with Crippen LogP contribution < -0.4 is 0 Å². The van der Waals surface area contributed by atoms with Crippen molar-refractivity contribution in [3.63, 3.8) is 0 Å². The molecule has 2 heteroatoms. The van der Waals surface area contributed by atoms with E-state index in [2.05, 4.69) is 111 Å². The Balaban J connectivity index is 3.45. The second kappa shape index (κ2) is 8.87. The van der Waals surface area contributed by atoms with Gasteiger partial charge in [-0.1, -0.05) is 105 Å². The van der Waals surface area contributed by atoms with E-state index >= 15 is 0 Å².